The summed E-state index contributed by atoms with van der Waals surface area (Å²) in [6.45, 7) is 12.1. The number of hydrogen-bond donors (Lipinski definition) is 3. The van der Waals surface area contributed by atoms with Crippen LogP contribution >= 0.6 is 15.6 Å². The normalized spacial score (nSPS) is 14.3. The Balaban J connectivity index is 5.22. The monoisotopic (exact) mass is 1590 g/mol. The van der Waals surface area contributed by atoms with Gasteiger partial charge in [0.25, 0.3) is 0 Å². The zero-order valence-corrected chi connectivity index (χ0v) is 73.8. The fourth-order valence-corrected chi connectivity index (χ4v) is 15.6. The van der Waals surface area contributed by atoms with Crippen molar-refractivity contribution >= 4 is 39.5 Å². The first-order chi connectivity index (χ1) is 52.8. The van der Waals surface area contributed by atoms with Crippen LogP contribution in [-0.2, 0) is 65.4 Å². The van der Waals surface area contributed by atoms with E-state index in [1.54, 1.807) is 0 Å². The Bertz CT molecular complexity index is 2100. The number of unbranched alkanes of at least 4 members (excludes halogenated alkanes) is 54. The van der Waals surface area contributed by atoms with Gasteiger partial charge in [0.15, 0.2) is 12.2 Å². The molecule has 0 aromatic carbocycles. The van der Waals surface area contributed by atoms with Gasteiger partial charge in [0.05, 0.1) is 26.4 Å². The Morgan fingerprint density at radius 1 is 0.266 bits per heavy atom. The maximum Gasteiger partial charge on any atom is 0.472 e. The molecule has 0 aromatic rings. The van der Waals surface area contributed by atoms with Crippen LogP contribution < -0.4 is 0 Å². The second kappa shape index (κ2) is 79.9. The summed E-state index contributed by atoms with van der Waals surface area (Å²) >= 11 is 0. The molecule has 0 aromatic heterocycles. The van der Waals surface area contributed by atoms with E-state index in [2.05, 4.69) is 48.5 Å². The van der Waals surface area contributed by atoms with Gasteiger partial charge in [-0.05, 0) is 43.4 Å². The van der Waals surface area contributed by atoms with Gasteiger partial charge in [0.1, 0.15) is 19.3 Å². The molecule has 3 N–H and O–H groups in total. The zero-order valence-electron chi connectivity index (χ0n) is 72.0. The summed E-state index contributed by atoms with van der Waals surface area (Å²) < 4.78 is 69.0. The summed E-state index contributed by atoms with van der Waals surface area (Å²) in [6.07, 6.45) is 72.2. The van der Waals surface area contributed by atoms with Crippen LogP contribution in [-0.4, -0.2) is 96.7 Å². The number of hydrogen-bond acceptors (Lipinski definition) is 15. The maximum atomic E-state index is 13.2. The molecule has 0 amide bonds. The van der Waals surface area contributed by atoms with Gasteiger partial charge in [0, 0.05) is 25.7 Å². The highest BCUT2D eigenvalue weighted by Crippen LogP contribution is 2.45. The molecular weight excluding hydrogens is 1410 g/mol. The van der Waals surface area contributed by atoms with E-state index in [1.807, 2.05) is 0 Å². The van der Waals surface area contributed by atoms with Crippen molar-refractivity contribution in [3.05, 3.63) is 0 Å². The number of aliphatic hydroxyl groups excluding tert-OH is 1. The first-order valence-corrected chi connectivity index (χ1v) is 49.4. The van der Waals surface area contributed by atoms with E-state index < -0.39 is 97.5 Å². The molecule has 0 saturated heterocycles. The van der Waals surface area contributed by atoms with Crippen LogP contribution in [0.5, 0.6) is 0 Å². The Hall–Kier alpha value is -1.94. The Morgan fingerprint density at radius 2 is 0.468 bits per heavy atom. The standard InChI is InChI=1S/C90H176O17P2/c1-8-11-12-13-14-15-16-35-43-50-57-64-71-87(92)100-78-86(107-90(95)74-67-60-53-46-39-38-40-47-54-61-68-81(4)5)80-105-109(98,99)103-76-84(91)75-102-108(96,97)104-79-85(106-89(94)73-66-59-52-45-37-32-28-24-20-18-22-26-30-34-42-49-56-63-70-83(7)10-3)77-101-88(93)72-65-58-51-44-36-31-27-23-19-17-21-25-29-33-41-48-55-62-69-82(6)9-2/h81-86,91H,8-80H2,1-7H3,(H,96,97)(H,98,99)/t82?,83?,84-,85-,86-/m1/s1. The van der Waals surface area contributed by atoms with Crippen molar-refractivity contribution < 1.29 is 80.2 Å². The molecule has 0 heterocycles. The van der Waals surface area contributed by atoms with Crippen molar-refractivity contribution in [2.24, 2.45) is 17.8 Å². The van der Waals surface area contributed by atoms with Gasteiger partial charge in [-0.25, -0.2) is 9.13 Å². The number of carbonyl (C=O) groups is 4. The molecule has 109 heavy (non-hydrogen) atoms. The lowest BCUT2D eigenvalue weighted by Gasteiger charge is -2.21. The van der Waals surface area contributed by atoms with Gasteiger partial charge >= 0.3 is 39.5 Å². The van der Waals surface area contributed by atoms with Crippen molar-refractivity contribution in [1.82, 2.24) is 0 Å². The van der Waals surface area contributed by atoms with E-state index in [4.69, 9.17) is 37.0 Å². The fourth-order valence-electron chi connectivity index (χ4n) is 14.0. The molecule has 0 saturated carbocycles. The molecular formula is C90H176O17P2. The minimum absolute atomic E-state index is 0.106. The third-order valence-electron chi connectivity index (χ3n) is 21.9. The second-order valence-electron chi connectivity index (χ2n) is 33.3. The highest BCUT2D eigenvalue weighted by molar-refractivity contribution is 7.47. The van der Waals surface area contributed by atoms with Crippen molar-refractivity contribution in [1.29, 1.82) is 0 Å². The molecule has 17 nitrogen and oxygen atoms in total. The largest absolute Gasteiger partial charge is 0.472 e. The van der Waals surface area contributed by atoms with Crippen molar-refractivity contribution in [3.8, 4) is 0 Å². The summed E-state index contributed by atoms with van der Waals surface area (Å²) in [5, 5.41) is 10.7. The molecule has 4 unspecified atom stereocenters. The molecule has 0 aliphatic heterocycles. The minimum atomic E-state index is -4.97. The number of aliphatic hydroxyl groups is 1. The predicted octanol–water partition coefficient (Wildman–Crippen LogP) is 27.6. The number of phosphoric acid groups is 2. The number of rotatable bonds is 88. The molecule has 0 bridgehead atoms. The first kappa shape index (κ1) is 107. The zero-order chi connectivity index (χ0) is 80.0. The SMILES string of the molecule is CCCCCCCCCCCCCCC(=O)OC[C@H](COP(=O)(O)OC[C@H](O)COP(=O)(O)OC[C@@H](COC(=O)CCCCCCCCCCCCCCCCCCCCC(C)CC)OC(=O)CCCCCCCCCCCCCCCCCCCCC(C)CC)OC(=O)CCCCCCCCCCCCC(C)C. The van der Waals surface area contributed by atoms with Gasteiger partial charge in [-0.15, -0.1) is 0 Å². The minimum Gasteiger partial charge on any atom is -0.462 e. The lowest BCUT2D eigenvalue weighted by Crippen LogP contribution is -2.30. The van der Waals surface area contributed by atoms with Crippen LogP contribution in [0.4, 0.5) is 0 Å². The quantitative estimate of drug-likeness (QED) is 0.0222. The van der Waals surface area contributed by atoms with Gasteiger partial charge in [-0.2, -0.15) is 0 Å². The summed E-state index contributed by atoms with van der Waals surface area (Å²) in [4.78, 5) is 73.3. The molecule has 0 fully saturated rings. The number of ether oxygens (including phenoxy) is 4. The molecule has 19 heteroatoms. The lowest BCUT2D eigenvalue weighted by atomic mass is 9.99. The van der Waals surface area contributed by atoms with E-state index >= 15 is 0 Å². The molecule has 7 atom stereocenters. The van der Waals surface area contributed by atoms with E-state index in [9.17, 15) is 43.2 Å². The molecule has 0 radical (unpaired) electrons. The van der Waals surface area contributed by atoms with Gasteiger partial charge in [-0.1, -0.05) is 427 Å². The van der Waals surface area contributed by atoms with Crippen LogP contribution in [0.1, 0.15) is 479 Å². The van der Waals surface area contributed by atoms with E-state index in [-0.39, 0.29) is 25.7 Å². The van der Waals surface area contributed by atoms with Crippen LogP contribution in [0.2, 0.25) is 0 Å². The van der Waals surface area contributed by atoms with Gasteiger partial charge in [-0.3, -0.25) is 37.3 Å². The Labute approximate surface area is 670 Å². The highest BCUT2D eigenvalue weighted by Gasteiger charge is 2.31. The average molecular weight is 1590 g/mol. The number of esters is 4. The second-order valence-corrected chi connectivity index (χ2v) is 36.2. The van der Waals surface area contributed by atoms with E-state index in [1.165, 1.54) is 289 Å². The smallest absolute Gasteiger partial charge is 0.462 e. The third kappa shape index (κ3) is 81.0. The molecule has 0 aliphatic carbocycles. The van der Waals surface area contributed by atoms with E-state index in [0.717, 1.165) is 108 Å². The summed E-state index contributed by atoms with van der Waals surface area (Å²) in [6, 6.07) is 0. The van der Waals surface area contributed by atoms with Crippen LogP contribution in [0.15, 0.2) is 0 Å². The van der Waals surface area contributed by atoms with E-state index in [0.29, 0.717) is 25.7 Å². The first-order valence-electron chi connectivity index (χ1n) is 46.4. The molecule has 0 aliphatic rings. The lowest BCUT2D eigenvalue weighted by molar-refractivity contribution is -0.161. The highest BCUT2D eigenvalue weighted by atomic mass is 31.2. The van der Waals surface area contributed by atoms with Crippen molar-refractivity contribution in [2.45, 2.75) is 497 Å². The maximum absolute atomic E-state index is 13.2. The number of phosphoric ester groups is 2. The van der Waals surface area contributed by atoms with Crippen LogP contribution in [0.25, 0.3) is 0 Å². The fraction of sp³-hybridized carbons (Fsp3) is 0.956. The predicted molar refractivity (Wildman–Crippen MR) is 451 cm³/mol. The molecule has 0 spiro atoms. The number of carbonyl (C=O) groups excluding carboxylic acids is 4. The van der Waals surface area contributed by atoms with Gasteiger partial charge < -0.3 is 33.8 Å². The topological polar surface area (TPSA) is 237 Å². The Morgan fingerprint density at radius 3 is 0.697 bits per heavy atom. The van der Waals surface area contributed by atoms with Crippen molar-refractivity contribution in [2.75, 3.05) is 39.6 Å². The summed E-state index contributed by atoms with van der Waals surface area (Å²) in [5.74, 6) is 0.397. The van der Waals surface area contributed by atoms with Gasteiger partial charge in [0.2, 0.25) is 0 Å². The van der Waals surface area contributed by atoms with Crippen LogP contribution in [0.3, 0.4) is 0 Å². The molecule has 0 rings (SSSR count). The average Bonchev–Trinajstić information content (AvgIpc) is 0.897. The molecule has 648 valence electrons. The summed E-state index contributed by atoms with van der Waals surface area (Å²) in [7, 11) is -9.93. The van der Waals surface area contributed by atoms with Crippen molar-refractivity contribution in [3.63, 3.8) is 0 Å². The van der Waals surface area contributed by atoms with Crippen LogP contribution in [0, 0.1) is 17.8 Å². The third-order valence-corrected chi connectivity index (χ3v) is 23.8. The Kier molecular flexibility index (Phi) is 78.5. The summed E-state index contributed by atoms with van der Waals surface area (Å²) in [5.41, 5.74) is 0.